The molecule has 0 unspecified atom stereocenters. The first-order chi connectivity index (χ1) is 11.7. The number of hydrogen-bond acceptors (Lipinski definition) is 4. The first-order valence-electron chi connectivity index (χ1n) is 7.35. The van der Waals surface area contributed by atoms with Gasteiger partial charge in [0.1, 0.15) is 0 Å². The van der Waals surface area contributed by atoms with Crippen molar-refractivity contribution < 1.29 is 27.8 Å². The molecule has 0 bridgehead atoms. The van der Waals surface area contributed by atoms with Crippen LogP contribution in [0.15, 0.2) is 30.3 Å². The van der Waals surface area contributed by atoms with Crippen LogP contribution in [-0.2, 0) is 18.0 Å². The lowest BCUT2D eigenvalue weighted by Gasteiger charge is -2.06. The van der Waals surface area contributed by atoms with Gasteiger partial charge in [-0.05, 0) is 25.1 Å². The number of rotatable bonds is 2. The van der Waals surface area contributed by atoms with Crippen LogP contribution in [0.4, 0.5) is 18.0 Å². The van der Waals surface area contributed by atoms with E-state index in [9.17, 15) is 23.1 Å². The number of benzene rings is 1. The first kappa shape index (κ1) is 16.9. The lowest BCUT2D eigenvalue weighted by molar-refractivity contribution is -0.141. The van der Waals surface area contributed by atoms with Gasteiger partial charge in [-0.1, -0.05) is 6.07 Å². The Morgan fingerprint density at radius 1 is 1.28 bits per heavy atom. The molecule has 132 valence electrons. The molecule has 25 heavy (non-hydrogen) atoms. The third-order valence-electron chi connectivity index (χ3n) is 3.70. The van der Waals surface area contributed by atoms with Crippen molar-refractivity contribution in [3.63, 3.8) is 0 Å². The van der Waals surface area contributed by atoms with E-state index in [0.717, 1.165) is 15.3 Å². The molecule has 0 aliphatic heterocycles. The van der Waals surface area contributed by atoms with Crippen LogP contribution in [0.2, 0.25) is 0 Å². The van der Waals surface area contributed by atoms with Gasteiger partial charge in [0.2, 0.25) is 5.88 Å². The van der Waals surface area contributed by atoms with Gasteiger partial charge in [-0.3, -0.25) is 4.68 Å². The molecule has 0 aliphatic carbocycles. The van der Waals surface area contributed by atoms with Crippen molar-refractivity contribution in [3.8, 4) is 17.1 Å². The molecule has 0 saturated heterocycles. The van der Waals surface area contributed by atoms with Crippen LogP contribution in [0, 0.1) is 0 Å². The van der Waals surface area contributed by atoms with E-state index in [2.05, 4.69) is 5.10 Å². The monoisotopic (exact) mass is 353 g/mol. The number of carbonyl (C=O) groups excluding carboxylic acids is 1. The lowest BCUT2D eigenvalue weighted by Crippen LogP contribution is -2.12. The van der Waals surface area contributed by atoms with E-state index < -0.39 is 18.0 Å². The van der Waals surface area contributed by atoms with E-state index in [1.807, 2.05) is 0 Å². The molecular weight excluding hydrogens is 339 g/mol. The van der Waals surface area contributed by atoms with Gasteiger partial charge in [0, 0.05) is 24.1 Å². The van der Waals surface area contributed by atoms with Crippen LogP contribution >= 0.6 is 0 Å². The number of aromatic hydroxyl groups is 1. The summed E-state index contributed by atoms with van der Waals surface area (Å²) in [4.78, 5) is 11.9. The molecule has 2 heterocycles. The van der Waals surface area contributed by atoms with E-state index in [1.54, 1.807) is 19.1 Å². The van der Waals surface area contributed by atoms with Crippen molar-refractivity contribution in [2.45, 2.75) is 13.1 Å². The second-order valence-corrected chi connectivity index (χ2v) is 5.35. The number of nitrogens with zero attached hydrogens (tertiary/aromatic N) is 3. The summed E-state index contributed by atoms with van der Waals surface area (Å²) in [5.74, 6) is -0.313. The van der Waals surface area contributed by atoms with Crippen molar-refractivity contribution in [1.82, 2.24) is 14.3 Å². The highest BCUT2D eigenvalue weighted by Gasteiger charge is 2.34. The highest BCUT2D eigenvalue weighted by molar-refractivity contribution is 5.94. The summed E-state index contributed by atoms with van der Waals surface area (Å²) in [5.41, 5.74) is 0.131. The number of aromatic nitrogens is 3. The zero-order valence-corrected chi connectivity index (χ0v) is 13.3. The Morgan fingerprint density at radius 2 is 2.00 bits per heavy atom. The SMILES string of the molecule is CCOC(=O)n1c(O)cc2cc(-c3cc(C(F)(F)F)nn3C)ccc21. The Morgan fingerprint density at radius 3 is 2.60 bits per heavy atom. The molecule has 3 aromatic rings. The Bertz CT molecular complexity index is 957. The Kier molecular flexibility index (Phi) is 3.94. The van der Waals surface area contributed by atoms with Gasteiger partial charge in [0.05, 0.1) is 17.8 Å². The molecule has 0 amide bonds. The standard InChI is InChI=1S/C16H14F3N3O3/c1-3-25-15(24)22-11-5-4-9(6-10(11)7-14(22)23)12-8-13(16(17,18)19)20-21(12)2/h4-8,23H,3H2,1-2H3. The lowest BCUT2D eigenvalue weighted by atomic mass is 10.1. The third-order valence-corrected chi connectivity index (χ3v) is 3.70. The zero-order valence-electron chi connectivity index (χ0n) is 13.3. The van der Waals surface area contributed by atoms with Gasteiger partial charge < -0.3 is 9.84 Å². The van der Waals surface area contributed by atoms with Crippen molar-refractivity contribution >= 4 is 17.0 Å². The Hall–Kier alpha value is -2.97. The van der Waals surface area contributed by atoms with Gasteiger partial charge in [0.15, 0.2) is 5.69 Å². The number of hydrogen-bond donors (Lipinski definition) is 1. The fourth-order valence-corrected chi connectivity index (χ4v) is 2.62. The van der Waals surface area contributed by atoms with Crippen molar-refractivity contribution in [2.75, 3.05) is 6.61 Å². The second-order valence-electron chi connectivity index (χ2n) is 5.35. The minimum Gasteiger partial charge on any atom is -0.494 e. The molecule has 0 fully saturated rings. The molecule has 9 heteroatoms. The Balaban J connectivity index is 2.09. The minimum absolute atomic E-state index is 0.144. The summed E-state index contributed by atoms with van der Waals surface area (Å²) >= 11 is 0. The molecule has 6 nitrogen and oxygen atoms in total. The van der Waals surface area contributed by atoms with Crippen molar-refractivity contribution in [2.24, 2.45) is 7.05 Å². The predicted octanol–water partition coefficient (Wildman–Crippen LogP) is 3.77. The summed E-state index contributed by atoms with van der Waals surface area (Å²) in [5, 5.41) is 13.9. The molecule has 3 rings (SSSR count). The zero-order chi connectivity index (χ0) is 18.4. The van der Waals surface area contributed by atoms with Crippen LogP contribution < -0.4 is 0 Å². The first-order valence-corrected chi connectivity index (χ1v) is 7.35. The maximum atomic E-state index is 12.8. The molecule has 0 aliphatic rings. The molecule has 1 N–H and O–H groups in total. The van der Waals surface area contributed by atoms with E-state index >= 15 is 0 Å². The maximum Gasteiger partial charge on any atom is 0.435 e. The van der Waals surface area contributed by atoms with Crippen LogP contribution in [0.3, 0.4) is 0 Å². The highest BCUT2D eigenvalue weighted by Crippen LogP contribution is 2.33. The van der Waals surface area contributed by atoms with Gasteiger partial charge >= 0.3 is 12.3 Å². The van der Waals surface area contributed by atoms with Crippen molar-refractivity contribution in [1.29, 1.82) is 0 Å². The maximum absolute atomic E-state index is 12.8. The third kappa shape index (κ3) is 2.92. The highest BCUT2D eigenvalue weighted by atomic mass is 19.4. The molecule has 0 radical (unpaired) electrons. The smallest absolute Gasteiger partial charge is 0.435 e. The predicted molar refractivity (Wildman–Crippen MR) is 83.2 cm³/mol. The van der Waals surface area contributed by atoms with E-state index in [4.69, 9.17) is 4.74 Å². The largest absolute Gasteiger partial charge is 0.494 e. The minimum atomic E-state index is -4.54. The topological polar surface area (TPSA) is 69.3 Å². The Labute approximate surface area is 140 Å². The second kappa shape index (κ2) is 5.83. The molecule has 0 spiro atoms. The summed E-state index contributed by atoms with van der Waals surface area (Å²) in [6.07, 6.45) is -5.27. The number of alkyl halides is 3. The van der Waals surface area contributed by atoms with Gasteiger partial charge in [0.25, 0.3) is 0 Å². The van der Waals surface area contributed by atoms with Gasteiger partial charge in [-0.15, -0.1) is 0 Å². The van der Waals surface area contributed by atoms with Crippen LogP contribution in [0.1, 0.15) is 12.6 Å². The van der Waals surface area contributed by atoms with Crippen molar-refractivity contribution in [3.05, 3.63) is 36.0 Å². The van der Waals surface area contributed by atoms with Gasteiger partial charge in [-0.25, -0.2) is 9.36 Å². The fourth-order valence-electron chi connectivity index (χ4n) is 2.62. The van der Waals surface area contributed by atoms with Gasteiger partial charge in [-0.2, -0.15) is 18.3 Å². The summed E-state index contributed by atoms with van der Waals surface area (Å²) in [6, 6.07) is 6.94. The normalized spacial score (nSPS) is 11.9. The quantitative estimate of drug-likeness (QED) is 0.761. The summed E-state index contributed by atoms with van der Waals surface area (Å²) in [6.45, 7) is 1.78. The van der Waals surface area contributed by atoms with E-state index in [0.29, 0.717) is 16.5 Å². The number of halogens is 3. The number of carbonyl (C=O) groups is 1. The molecule has 0 atom stereocenters. The number of ether oxygens (including phenoxy) is 1. The summed E-state index contributed by atoms with van der Waals surface area (Å²) in [7, 11) is 1.41. The average molecular weight is 353 g/mol. The van der Waals surface area contributed by atoms with Crippen LogP contribution in [-0.4, -0.2) is 32.2 Å². The van der Waals surface area contributed by atoms with Crippen LogP contribution in [0.5, 0.6) is 5.88 Å². The van der Waals surface area contributed by atoms with E-state index in [1.165, 1.54) is 19.2 Å². The summed E-state index contributed by atoms with van der Waals surface area (Å²) < 4.78 is 45.4. The van der Waals surface area contributed by atoms with E-state index in [-0.39, 0.29) is 18.2 Å². The molecule has 0 saturated carbocycles. The average Bonchev–Trinajstić information content (AvgIpc) is 3.05. The number of fused-ring (bicyclic) bond motifs is 1. The molecule has 2 aromatic heterocycles. The molecular formula is C16H14F3N3O3. The fraction of sp³-hybridized carbons (Fsp3) is 0.250. The number of aryl methyl sites for hydroxylation is 1. The molecule has 1 aromatic carbocycles. The van der Waals surface area contributed by atoms with Crippen LogP contribution in [0.25, 0.3) is 22.2 Å².